The molecule has 0 atom stereocenters. The number of nitro groups is 1. The number of hydrogen-bond acceptors (Lipinski definition) is 6. The third-order valence-corrected chi connectivity index (χ3v) is 5.70. The quantitative estimate of drug-likeness (QED) is 0.265. The fourth-order valence-corrected chi connectivity index (χ4v) is 4.17. The van der Waals surface area contributed by atoms with Crippen molar-refractivity contribution in [3.63, 3.8) is 0 Å². The molecule has 2 aromatic carbocycles. The first-order valence-electron chi connectivity index (χ1n) is 9.34. The van der Waals surface area contributed by atoms with Crippen molar-refractivity contribution >= 4 is 38.8 Å². The van der Waals surface area contributed by atoms with Gasteiger partial charge in [0, 0.05) is 36.3 Å². The van der Waals surface area contributed by atoms with Crippen LogP contribution in [-0.4, -0.2) is 33.7 Å². The van der Waals surface area contributed by atoms with Gasteiger partial charge in [-0.2, -0.15) is 5.10 Å². The maximum Gasteiger partial charge on any atom is 0.269 e. The number of rotatable bonds is 7. The van der Waals surface area contributed by atoms with Crippen LogP contribution < -0.4 is 10.6 Å². The number of thiophene rings is 1. The van der Waals surface area contributed by atoms with E-state index < -0.39 is 4.92 Å². The number of hydrogen-bond donors (Lipinski definition) is 2. The summed E-state index contributed by atoms with van der Waals surface area (Å²) >= 11 is 1.41. The molecule has 0 aliphatic carbocycles. The van der Waals surface area contributed by atoms with Gasteiger partial charge in [-0.1, -0.05) is 18.2 Å². The zero-order chi connectivity index (χ0) is 21.1. The number of fused-ring (bicyclic) bond motifs is 1. The van der Waals surface area contributed by atoms with E-state index in [4.69, 9.17) is 0 Å². The van der Waals surface area contributed by atoms with Crippen molar-refractivity contribution < 1.29 is 9.72 Å². The standard InChI is InChI=1S/C21H19N5O3S/c1-14-18-13-19(30-21(18)25(24-14)16-5-3-2-4-6-16)20(27)23-12-11-22-15-7-9-17(10-8-15)26(28)29/h2-10,13,22H,11-12H2,1H3,(H,23,27). The lowest BCUT2D eigenvalue weighted by Crippen LogP contribution is -2.28. The van der Waals surface area contributed by atoms with Crippen molar-refractivity contribution in [2.24, 2.45) is 0 Å². The Labute approximate surface area is 176 Å². The molecule has 0 aliphatic heterocycles. The van der Waals surface area contributed by atoms with Crippen LogP contribution in [0.3, 0.4) is 0 Å². The van der Waals surface area contributed by atoms with E-state index in [-0.39, 0.29) is 11.6 Å². The van der Waals surface area contributed by atoms with E-state index in [2.05, 4.69) is 15.7 Å². The number of nitrogens with zero attached hydrogens (tertiary/aromatic N) is 3. The molecule has 0 unspecified atom stereocenters. The van der Waals surface area contributed by atoms with Gasteiger partial charge in [-0.25, -0.2) is 4.68 Å². The van der Waals surface area contributed by atoms with E-state index in [0.29, 0.717) is 18.0 Å². The molecule has 152 valence electrons. The summed E-state index contributed by atoms with van der Waals surface area (Å²) in [6.07, 6.45) is 0. The number of carbonyl (C=O) groups is 1. The molecule has 0 fully saturated rings. The Hall–Kier alpha value is -3.72. The molecular formula is C21H19N5O3S. The third kappa shape index (κ3) is 4.01. The molecule has 0 aliphatic rings. The van der Waals surface area contributed by atoms with Crippen molar-refractivity contribution in [3.8, 4) is 5.69 Å². The average Bonchev–Trinajstić information content (AvgIpc) is 3.33. The van der Waals surface area contributed by atoms with Gasteiger partial charge >= 0.3 is 0 Å². The monoisotopic (exact) mass is 421 g/mol. The lowest BCUT2D eigenvalue weighted by Gasteiger charge is -2.07. The second kappa shape index (κ2) is 8.34. The first-order valence-corrected chi connectivity index (χ1v) is 10.2. The minimum Gasteiger partial charge on any atom is -0.383 e. The second-order valence-corrected chi connectivity index (χ2v) is 7.68. The fourth-order valence-electron chi connectivity index (χ4n) is 3.07. The highest BCUT2D eigenvalue weighted by molar-refractivity contribution is 7.20. The summed E-state index contributed by atoms with van der Waals surface area (Å²) < 4.78 is 1.86. The van der Waals surface area contributed by atoms with Crippen LogP contribution in [-0.2, 0) is 0 Å². The molecule has 8 nitrogen and oxygen atoms in total. The zero-order valence-electron chi connectivity index (χ0n) is 16.2. The van der Waals surface area contributed by atoms with E-state index in [1.54, 1.807) is 12.1 Å². The number of nitro benzene ring substituents is 1. The number of benzene rings is 2. The zero-order valence-corrected chi connectivity index (χ0v) is 17.0. The Morgan fingerprint density at radius 1 is 1.13 bits per heavy atom. The number of anilines is 1. The van der Waals surface area contributed by atoms with Gasteiger partial charge in [0.25, 0.3) is 11.6 Å². The predicted molar refractivity (Wildman–Crippen MR) is 118 cm³/mol. The molecule has 0 saturated carbocycles. The minimum atomic E-state index is -0.437. The molecule has 0 saturated heterocycles. The highest BCUT2D eigenvalue weighted by atomic mass is 32.1. The Morgan fingerprint density at radius 3 is 2.57 bits per heavy atom. The second-order valence-electron chi connectivity index (χ2n) is 6.65. The molecule has 0 spiro atoms. The van der Waals surface area contributed by atoms with Crippen LogP contribution in [0.2, 0.25) is 0 Å². The fraction of sp³-hybridized carbons (Fsp3) is 0.143. The van der Waals surface area contributed by atoms with Gasteiger partial charge in [-0.3, -0.25) is 14.9 Å². The Balaban J connectivity index is 1.38. The summed E-state index contributed by atoms with van der Waals surface area (Å²) in [7, 11) is 0. The molecule has 30 heavy (non-hydrogen) atoms. The van der Waals surface area contributed by atoms with Crippen molar-refractivity contribution in [2.45, 2.75) is 6.92 Å². The van der Waals surface area contributed by atoms with Gasteiger partial charge in [0.05, 0.1) is 21.2 Å². The van der Waals surface area contributed by atoms with Gasteiger partial charge < -0.3 is 10.6 Å². The lowest BCUT2D eigenvalue weighted by atomic mass is 10.3. The van der Waals surface area contributed by atoms with Crippen LogP contribution >= 0.6 is 11.3 Å². The Kier molecular flexibility index (Phi) is 5.44. The van der Waals surface area contributed by atoms with Gasteiger partial charge in [0.1, 0.15) is 4.83 Å². The topological polar surface area (TPSA) is 102 Å². The lowest BCUT2D eigenvalue weighted by molar-refractivity contribution is -0.384. The summed E-state index contributed by atoms with van der Waals surface area (Å²) in [5.41, 5.74) is 2.64. The average molecular weight is 421 g/mol. The Morgan fingerprint density at radius 2 is 1.87 bits per heavy atom. The van der Waals surface area contributed by atoms with Crippen LogP contribution in [0.4, 0.5) is 11.4 Å². The van der Waals surface area contributed by atoms with Crippen LogP contribution in [0.5, 0.6) is 0 Å². The van der Waals surface area contributed by atoms with Crippen LogP contribution in [0.25, 0.3) is 15.9 Å². The van der Waals surface area contributed by atoms with Crippen LogP contribution in [0.15, 0.2) is 60.7 Å². The third-order valence-electron chi connectivity index (χ3n) is 4.59. The van der Waals surface area contributed by atoms with Crippen molar-refractivity contribution in [2.75, 3.05) is 18.4 Å². The molecule has 2 N–H and O–H groups in total. The molecule has 4 rings (SSSR count). The first kappa shape index (κ1) is 19.6. The van der Waals surface area contributed by atoms with E-state index in [1.165, 1.54) is 23.5 Å². The maximum atomic E-state index is 12.6. The molecule has 4 aromatic rings. The molecule has 1 amide bonds. The maximum absolute atomic E-state index is 12.6. The SMILES string of the molecule is Cc1nn(-c2ccccc2)c2sc(C(=O)NCCNc3ccc([N+](=O)[O-])cc3)cc12. The summed E-state index contributed by atoms with van der Waals surface area (Å²) in [6, 6.07) is 17.9. The summed E-state index contributed by atoms with van der Waals surface area (Å²) in [4.78, 5) is 24.4. The summed E-state index contributed by atoms with van der Waals surface area (Å²) in [5, 5.41) is 22.3. The van der Waals surface area contributed by atoms with Crippen molar-refractivity contribution in [3.05, 3.63) is 81.3 Å². The molecule has 2 aromatic heterocycles. The molecule has 0 bridgehead atoms. The smallest absolute Gasteiger partial charge is 0.269 e. The molecule has 9 heteroatoms. The van der Waals surface area contributed by atoms with E-state index >= 15 is 0 Å². The Bertz CT molecular complexity index is 1200. The van der Waals surface area contributed by atoms with Crippen molar-refractivity contribution in [1.82, 2.24) is 15.1 Å². The largest absolute Gasteiger partial charge is 0.383 e. The number of aromatic nitrogens is 2. The van der Waals surface area contributed by atoms with Gasteiger partial charge in [0.2, 0.25) is 0 Å². The molecule has 0 radical (unpaired) electrons. The van der Waals surface area contributed by atoms with Crippen molar-refractivity contribution in [1.29, 1.82) is 0 Å². The normalized spacial score (nSPS) is 10.8. The van der Waals surface area contributed by atoms with E-state index in [0.717, 1.165) is 27.3 Å². The van der Waals surface area contributed by atoms with E-state index in [1.807, 2.05) is 48.0 Å². The van der Waals surface area contributed by atoms with E-state index in [9.17, 15) is 14.9 Å². The number of aryl methyl sites for hydroxylation is 1. The molecule has 2 heterocycles. The number of amides is 1. The first-order chi connectivity index (χ1) is 14.5. The predicted octanol–water partition coefficient (Wildman–Crippen LogP) is 4.15. The minimum absolute atomic E-state index is 0.0444. The summed E-state index contributed by atoms with van der Waals surface area (Å²) in [5.74, 6) is -0.138. The number of carbonyl (C=O) groups excluding carboxylic acids is 1. The van der Waals surface area contributed by atoms with Crippen LogP contribution in [0, 0.1) is 17.0 Å². The number of non-ortho nitro benzene ring substituents is 1. The van der Waals surface area contributed by atoms with Gasteiger partial charge in [0.15, 0.2) is 0 Å². The summed E-state index contributed by atoms with van der Waals surface area (Å²) in [6.45, 7) is 2.86. The number of para-hydroxylation sites is 1. The highest BCUT2D eigenvalue weighted by Crippen LogP contribution is 2.30. The van der Waals surface area contributed by atoms with Gasteiger partial charge in [-0.15, -0.1) is 11.3 Å². The van der Waals surface area contributed by atoms with Gasteiger partial charge in [-0.05, 0) is 37.3 Å². The van der Waals surface area contributed by atoms with Crippen LogP contribution in [0.1, 0.15) is 15.4 Å². The molecular weight excluding hydrogens is 402 g/mol. The highest BCUT2D eigenvalue weighted by Gasteiger charge is 2.16. The number of nitrogens with one attached hydrogen (secondary N) is 2.